The zero-order valence-corrected chi connectivity index (χ0v) is 11.7. The number of ether oxygens (including phenoxy) is 1. The molecule has 2 aromatic heterocycles. The Balaban J connectivity index is 2.12. The van der Waals surface area contributed by atoms with Crippen molar-refractivity contribution in [1.82, 2.24) is 19.9 Å². The van der Waals surface area contributed by atoms with Gasteiger partial charge in [-0.15, -0.1) is 0 Å². The van der Waals surface area contributed by atoms with Gasteiger partial charge in [-0.25, -0.2) is 0 Å². The lowest BCUT2D eigenvalue weighted by atomic mass is 10.2. The van der Waals surface area contributed by atoms with Crippen LogP contribution in [0.2, 0.25) is 0 Å². The number of rotatable bonds is 6. The summed E-state index contributed by atoms with van der Waals surface area (Å²) in [4.78, 5) is 18.2. The van der Waals surface area contributed by atoms with Crippen LogP contribution in [-0.4, -0.2) is 33.6 Å². The molecule has 0 aliphatic rings. The van der Waals surface area contributed by atoms with Crippen LogP contribution in [0.1, 0.15) is 18.9 Å². The van der Waals surface area contributed by atoms with Gasteiger partial charge in [0.05, 0.1) is 6.61 Å². The number of aromatic nitrogens is 4. The Kier molecular flexibility index (Phi) is 4.65. The van der Waals surface area contributed by atoms with Crippen molar-refractivity contribution in [3.63, 3.8) is 0 Å². The molecule has 0 saturated carbocycles. The number of hydrogen-bond acceptors (Lipinski definition) is 7. The molecule has 0 amide bonds. The third-order valence-electron chi connectivity index (χ3n) is 2.57. The van der Waals surface area contributed by atoms with Crippen molar-refractivity contribution in [1.29, 1.82) is 0 Å². The van der Waals surface area contributed by atoms with Crippen molar-refractivity contribution in [2.45, 2.75) is 19.9 Å². The topological polar surface area (TPSA) is 90.0 Å². The first-order chi connectivity index (χ1) is 9.69. The lowest BCUT2D eigenvalue weighted by molar-refractivity contribution is 0.292. The second kappa shape index (κ2) is 6.65. The smallest absolute Gasteiger partial charge is 0.323 e. The Morgan fingerprint density at radius 2 is 1.95 bits per heavy atom. The number of hydrogen-bond donors (Lipinski definition) is 1. The van der Waals surface area contributed by atoms with E-state index in [1.165, 1.54) is 0 Å². The van der Waals surface area contributed by atoms with E-state index in [1.54, 1.807) is 12.4 Å². The minimum absolute atomic E-state index is 0.155. The van der Waals surface area contributed by atoms with Gasteiger partial charge >= 0.3 is 6.01 Å². The summed E-state index contributed by atoms with van der Waals surface area (Å²) >= 11 is 0. The van der Waals surface area contributed by atoms with Gasteiger partial charge in [-0.3, -0.25) is 4.98 Å². The molecule has 0 spiro atoms. The number of anilines is 2. The number of nitrogens with two attached hydrogens (primary N) is 1. The zero-order chi connectivity index (χ0) is 14.4. The van der Waals surface area contributed by atoms with E-state index < -0.39 is 0 Å². The summed E-state index contributed by atoms with van der Waals surface area (Å²) in [5.74, 6) is 0.642. The third-order valence-corrected chi connectivity index (χ3v) is 2.57. The quantitative estimate of drug-likeness (QED) is 0.848. The van der Waals surface area contributed by atoms with Gasteiger partial charge in [0, 0.05) is 26.0 Å². The molecule has 0 fully saturated rings. The van der Waals surface area contributed by atoms with Crippen molar-refractivity contribution in [2.24, 2.45) is 0 Å². The van der Waals surface area contributed by atoms with E-state index in [9.17, 15) is 0 Å². The first kappa shape index (κ1) is 14.0. The Bertz CT molecular complexity index is 548. The molecular weight excluding hydrogens is 256 g/mol. The van der Waals surface area contributed by atoms with Gasteiger partial charge in [-0.05, 0) is 24.1 Å². The van der Waals surface area contributed by atoms with Gasteiger partial charge in [0.2, 0.25) is 11.9 Å². The molecule has 0 aliphatic heterocycles. The fourth-order valence-electron chi connectivity index (χ4n) is 1.62. The fraction of sp³-hybridized carbons (Fsp3) is 0.385. The second-order valence-corrected chi connectivity index (χ2v) is 4.34. The predicted octanol–water partition coefficient (Wildman–Crippen LogP) is 1.27. The van der Waals surface area contributed by atoms with E-state index in [2.05, 4.69) is 19.9 Å². The molecule has 2 heterocycles. The van der Waals surface area contributed by atoms with Crippen LogP contribution in [0.5, 0.6) is 6.01 Å². The van der Waals surface area contributed by atoms with Gasteiger partial charge < -0.3 is 15.4 Å². The minimum atomic E-state index is 0.155. The van der Waals surface area contributed by atoms with Crippen LogP contribution in [0.25, 0.3) is 0 Å². The van der Waals surface area contributed by atoms with Crippen molar-refractivity contribution in [2.75, 3.05) is 24.3 Å². The van der Waals surface area contributed by atoms with Crippen molar-refractivity contribution in [3.05, 3.63) is 30.1 Å². The molecule has 20 heavy (non-hydrogen) atoms. The molecule has 106 valence electrons. The first-order valence-corrected chi connectivity index (χ1v) is 6.43. The van der Waals surface area contributed by atoms with Crippen LogP contribution in [0.15, 0.2) is 24.5 Å². The molecule has 2 aromatic rings. The van der Waals surface area contributed by atoms with E-state index >= 15 is 0 Å². The highest BCUT2D eigenvalue weighted by Gasteiger charge is 2.10. The average Bonchev–Trinajstić information content (AvgIpc) is 2.45. The molecule has 0 bridgehead atoms. The lowest BCUT2D eigenvalue weighted by Gasteiger charge is -2.17. The molecule has 0 unspecified atom stereocenters. The maximum Gasteiger partial charge on any atom is 0.323 e. The van der Waals surface area contributed by atoms with Crippen molar-refractivity contribution >= 4 is 11.9 Å². The van der Waals surface area contributed by atoms with Gasteiger partial charge in [-0.1, -0.05) is 6.92 Å². The van der Waals surface area contributed by atoms with Gasteiger partial charge in [-0.2, -0.15) is 15.0 Å². The zero-order valence-electron chi connectivity index (χ0n) is 11.7. The van der Waals surface area contributed by atoms with Crippen molar-refractivity contribution < 1.29 is 4.74 Å². The van der Waals surface area contributed by atoms with E-state index in [0.29, 0.717) is 19.1 Å². The Morgan fingerprint density at radius 1 is 1.20 bits per heavy atom. The summed E-state index contributed by atoms with van der Waals surface area (Å²) in [7, 11) is 1.89. The molecule has 0 aromatic carbocycles. The molecule has 0 radical (unpaired) electrons. The SMILES string of the molecule is CCCOc1nc(N)nc(N(C)Cc2ccncc2)n1. The molecule has 7 nitrogen and oxygen atoms in total. The van der Waals surface area contributed by atoms with E-state index in [-0.39, 0.29) is 12.0 Å². The molecule has 7 heteroatoms. The van der Waals surface area contributed by atoms with Crippen LogP contribution in [-0.2, 0) is 6.54 Å². The predicted molar refractivity (Wildman–Crippen MR) is 76.4 cm³/mol. The van der Waals surface area contributed by atoms with Crippen LogP contribution >= 0.6 is 0 Å². The highest BCUT2D eigenvalue weighted by atomic mass is 16.5. The van der Waals surface area contributed by atoms with E-state index in [0.717, 1.165) is 12.0 Å². The lowest BCUT2D eigenvalue weighted by Crippen LogP contribution is -2.20. The number of pyridine rings is 1. The highest BCUT2D eigenvalue weighted by molar-refractivity contribution is 5.36. The molecular formula is C13H18N6O. The molecule has 0 aliphatic carbocycles. The largest absolute Gasteiger partial charge is 0.463 e. The summed E-state index contributed by atoms with van der Waals surface area (Å²) in [6.45, 7) is 3.22. The summed E-state index contributed by atoms with van der Waals surface area (Å²) in [6.07, 6.45) is 4.38. The highest BCUT2D eigenvalue weighted by Crippen LogP contribution is 2.14. The summed E-state index contributed by atoms with van der Waals surface area (Å²) in [6, 6.07) is 4.14. The number of nitrogen functional groups attached to an aromatic ring is 1. The Hall–Kier alpha value is -2.44. The third kappa shape index (κ3) is 3.78. The van der Waals surface area contributed by atoms with Gasteiger partial charge in [0.25, 0.3) is 0 Å². The fourth-order valence-corrected chi connectivity index (χ4v) is 1.62. The van der Waals surface area contributed by atoms with Crippen LogP contribution < -0.4 is 15.4 Å². The summed E-state index contributed by atoms with van der Waals surface area (Å²) < 4.78 is 5.40. The van der Waals surface area contributed by atoms with Crippen LogP contribution in [0, 0.1) is 0 Å². The maximum absolute atomic E-state index is 5.68. The van der Waals surface area contributed by atoms with Crippen LogP contribution in [0.4, 0.5) is 11.9 Å². The second-order valence-electron chi connectivity index (χ2n) is 4.34. The average molecular weight is 274 g/mol. The molecule has 0 saturated heterocycles. The molecule has 0 atom stereocenters. The first-order valence-electron chi connectivity index (χ1n) is 6.43. The normalized spacial score (nSPS) is 10.3. The summed E-state index contributed by atoms with van der Waals surface area (Å²) in [5, 5.41) is 0. The van der Waals surface area contributed by atoms with Crippen molar-refractivity contribution in [3.8, 4) is 6.01 Å². The number of nitrogens with zero attached hydrogens (tertiary/aromatic N) is 5. The van der Waals surface area contributed by atoms with E-state index in [4.69, 9.17) is 10.5 Å². The maximum atomic E-state index is 5.68. The van der Waals surface area contributed by atoms with Gasteiger partial charge in [0.15, 0.2) is 0 Å². The Labute approximate surface area is 117 Å². The monoisotopic (exact) mass is 274 g/mol. The molecule has 2 rings (SSSR count). The summed E-state index contributed by atoms with van der Waals surface area (Å²) in [5.41, 5.74) is 6.79. The van der Waals surface area contributed by atoms with Gasteiger partial charge in [0.1, 0.15) is 0 Å². The van der Waals surface area contributed by atoms with E-state index in [1.807, 2.05) is 31.0 Å². The minimum Gasteiger partial charge on any atom is -0.463 e. The Morgan fingerprint density at radius 3 is 2.65 bits per heavy atom. The van der Waals surface area contributed by atoms with Crippen LogP contribution in [0.3, 0.4) is 0 Å². The standard InChI is InChI=1S/C13H18N6O/c1-3-8-20-13-17-11(14)16-12(18-13)19(2)9-10-4-6-15-7-5-10/h4-7H,3,8-9H2,1-2H3,(H2,14,16,17,18). The molecule has 2 N–H and O–H groups in total.